The first-order valence-electron chi connectivity index (χ1n) is 12.5. The molecule has 1 saturated heterocycles. The number of hydrogen-bond donors (Lipinski definition) is 0. The Kier molecular flexibility index (Phi) is 7.41. The molecule has 0 aromatic heterocycles. The number of hydrogen-bond acceptors (Lipinski definition) is 6. The predicted octanol–water partition coefficient (Wildman–Crippen LogP) is 6.69. The standard InChI is InChI=1S/C32H25N3O4/c1-2-34-31(38)30(39-32(34)33-29-19-24(21-36)13-16-25(29)22-37)20-23-14-17-28(18-15-23)35(26-9-5-3-6-10-26)27-11-7-4-8-12-27/h3-22H,2H2,1H3/b30-20+,33-32-. The van der Waals surface area contributed by atoms with Crippen molar-refractivity contribution in [2.24, 2.45) is 4.99 Å². The average molecular weight is 516 g/mol. The Bertz CT molecular complexity index is 1520. The molecular weight excluding hydrogens is 490 g/mol. The first-order valence-corrected chi connectivity index (χ1v) is 12.5. The van der Waals surface area contributed by atoms with Gasteiger partial charge in [-0.3, -0.25) is 19.3 Å². The number of amides is 1. The van der Waals surface area contributed by atoms with Gasteiger partial charge < -0.3 is 9.64 Å². The summed E-state index contributed by atoms with van der Waals surface area (Å²) >= 11 is 0. The molecule has 0 spiro atoms. The van der Waals surface area contributed by atoms with Crippen molar-refractivity contribution in [1.82, 2.24) is 4.90 Å². The second kappa shape index (κ2) is 11.4. The van der Waals surface area contributed by atoms with E-state index in [0.29, 0.717) is 24.7 Å². The lowest BCUT2D eigenvalue weighted by molar-refractivity contribution is -0.122. The fourth-order valence-corrected chi connectivity index (χ4v) is 4.28. The molecule has 0 bridgehead atoms. The SMILES string of the molecule is CCN1C(=O)/C(=C\c2ccc(N(c3ccccc3)c3ccccc3)cc2)O/C1=N\c1cc(C=O)ccc1C=O. The van der Waals surface area contributed by atoms with Gasteiger partial charge in [0.2, 0.25) is 0 Å². The van der Waals surface area contributed by atoms with Crippen LogP contribution in [0.4, 0.5) is 22.7 Å². The second-order valence-electron chi connectivity index (χ2n) is 8.71. The normalized spacial score (nSPS) is 14.9. The van der Waals surface area contributed by atoms with Crippen molar-refractivity contribution in [1.29, 1.82) is 0 Å². The highest BCUT2D eigenvalue weighted by Crippen LogP contribution is 2.34. The summed E-state index contributed by atoms with van der Waals surface area (Å²) in [6.45, 7) is 2.12. The van der Waals surface area contributed by atoms with Crippen molar-refractivity contribution in [3.05, 3.63) is 126 Å². The van der Waals surface area contributed by atoms with Crippen LogP contribution in [0.1, 0.15) is 33.2 Å². The number of benzene rings is 4. The van der Waals surface area contributed by atoms with E-state index in [1.807, 2.05) is 60.7 Å². The van der Waals surface area contributed by atoms with Gasteiger partial charge >= 0.3 is 6.02 Å². The molecule has 39 heavy (non-hydrogen) atoms. The number of carbonyl (C=O) groups is 3. The molecule has 1 fully saturated rings. The van der Waals surface area contributed by atoms with Gasteiger partial charge in [0, 0.05) is 34.7 Å². The van der Waals surface area contributed by atoms with Crippen molar-refractivity contribution in [3.63, 3.8) is 0 Å². The average Bonchev–Trinajstić information content (AvgIpc) is 3.28. The van der Waals surface area contributed by atoms with Crippen molar-refractivity contribution in [2.45, 2.75) is 6.92 Å². The Balaban J connectivity index is 1.45. The highest BCUT2D eigenvalue weighted by Gasteiger charge is 2.34. The Morgan fingerprint density at radius 2 is 1.36 bits per heavy atom. The van der Waals surface area contributed by atoms with Crippen LogP contribution in [0.25, 0.3) is 6.08 Å². The molecule has 7 nitrogen and oxygen atoms in total. The van der Waals surface area contributed by atoms with Gasteiger partial charge in [0.05, 0.1) is 5.69 Å². The van der Waals surface area contributed by atoms with E-state index in [-0.39, 0.29) is 28.9 Å². The summed E-state index contributed by atoms with van der Waals surface area (Å²) in [6.07, 6.45) is 2.98. The number of aliphatic imine (C=N–C) groups is 1. The number of anilines is 3. The zero-order valence-corrected chi connectivity index (χ0v) is 21.2. The number of ether oxygens (including phenoxy) is 1. The summed E-state index contributed by atoms with van der Waals surface area (Å²) in [5.74, 6) is -0.222. The molecule has 0 atom stereocenters. The van der Waals surface area contributed by atoms with Crippen LogP contribution in [0.3, 0.4) is 0 Å². The van der Waals surface area contributed by atoms with Gasteiger partial charge in [-0.25, -0.2) is 0 Å². The fraction of sp³-hybridized carbons (Fsp3) is 0.0625. The molecule has 4 aromatic rings. The lowest BCUT2D eigenvalue weighted by Crippen LogP contribution is -2.29. The molecule has 5 rings (SSSR count). The number of rotatable bonds is 8. The molecule has 1 aliphatic rings. The zero-order chi connectivity index (χ0) is 27.2. The van der Waals surface area contributed by atoms with E-state index in [4.69, 9.17) is 4.74 Å². The number of carbonyl (C=O) groups excluding carboxylic acids is 3. The Labute approximate surface area is 226 Å². The van der Waals surface area contributed by atoms with Crippen molar-refractivity contribution >= 4 is 53.3 Å². The van der Waals surface area contributed by atoms with Crippen LogP contribution in [-0.4, -0.2) is 35.9 Å². The third-order valence-electron chi connectivity index (χ3n) is 6.22. The summed E-state index contributed by atoms with van der Waals surface area (Å²) in [7, 11) is 0. The first kappa shape index (κ1) is 25.4. The summed E-state index contributed by atoms with van der Waals surface area (Å²) in [6, 6.07) is 32.5. The highest BCUT2D eigenvalue weighted by molar-refractivity contribution is 6.12. The summed E-state index contributed by atoms with van der Waals surface area (Å²) in [4.78, 5) is 43.7. The van der Waals surface area contributed by atoms with Crippen LogP contribution in [0.5, 0.6) is 0 Å². The molecule has 1 amide bonds. The third-order valence-corrected chi connectivity index (χ3v) is 6.22. The second-order valence-corrected chi connectivity index (χ2v) is 8.71. The number of aldehydes is 2. The molecule has 1 heterocycles. The van der Waals surface area contributed by atoms with Crippen LogP contribution >= 0.6 is 0 Å². The van der Waals surface area contributed by atoms with Gasteiger partial charge in [0.25, 0.3) is 5.91 Å². The van der Waals surface area contributed by atoms with Crippen molar-refractivity contribution in [2.75, 3.05) is 11.4 Å². The van der Waals surface area contributed by atoms with Gasteiger partial charge in [0.1, 0.15) is 6.29 Å². The number of amidine groups is 1. The monoisotopic (exact) mass is 515 g/mol. The molecule has 0 saturated carbocycles. The van der Waals surface area contributed by atoms with E-state index in [1.165, 1.54) is 23.1 Å². The number of likely N-dealkylation sites (N-methyl/N-ethyl adjacent to an activating group) is 1. The molecule has 192 valence electrons. The van der Waals surface area contributed by atoms with E-state index in [9.17, 15) is 14.4 Å². The maximum absolute atomic E-state index is 13.1. The summed E-state index contributed by atoms with van der Waals surface area (Å²) in [5.41, 5.74) is 4.69. The van der Waals surface area contributed by atoms with Gasteiger partial charge in [-0.1, -0.05) is 54.6 Å². The van der Waals surface area contributed by atoms with Gasteiger partial charge in [0.15, 0.2) is 12.0 Å². The molecular formula is C32H25N3O4. The molecule has 0 unspecified atom stereocenters. The van der Waals surface area contributed by atoms with Crippen LogP contribution in [-0.2, 0) is 9.53 Å². The molecule has 4 aromatic carbocycles. The molecule has 0 aliphatic carbocycles. The summed E-state index contributed by atoms with van der Waals surface area (Å²) < 4.78 is 5.85. The molecule has 1 aliphatic heterocycles. The first-order chi connectivity index (χ1) is 19.1. The Hall–Kier alpha value is -5.30. The van der Waals surface area contributed by atoms with Crippen molar-refractivity contribution in [3.8, 4) is 0 Å². The van der Waals surface area contributed by atoms with E-state index >= 15 is 0 Å². The van der Waals surface area contributed by atoms with Crippen LogP contribution < -0.4 is 4.90 Å². The smallest absolute Gasteiger partial charge is 0.305 e. The lowest BCUT2D eigenvalue weighted by atomic mass is 10.1. The maximum atomic E-state index is 13.1. The highest BCUT2D eigenvalue weighted by atomic mass is 16.5. The lowest BCUT2D eigenvalue weighted by Gasteiger charge is -2.25. The van der Waals surface area contributed by atoms with Gasteiger partial charge in [-0.05, 0) is 67.1 Å². The quantitative estimate of drug-likeness (QED) is 0.193. The number of para-hydroxylation sites is 2. The topological polar surface area (TPSA) is 79.3 Å². The van der Waals surface area contributed by atoms with E-state index in [1.54, 1.807) is 13.0 Å². The zero-order valence-electron chi connectivity index (χ0n) is 21.2. The van der Waals surface area contributed by atoms with Crippen molar-refractivity contribution < 1.29 is 19.1 Å². The van der Waals surface area contributed by atoms with Crippen LogP contribution in [0.2, 0.25) is 0 Å². The van der Waals surface area contributed by atoms with Gasteiger partial charge in [-0.15, -0.1) is 0 Å². The minimum Gasteiger partial charge on any atom is -0.419 e. The molecule has 0 N–H and O–H groups in total. The molecule has 0 radical (unpaired) electrons. The number of nitrogens with zero attached hydrogens (tertiary/aromatic N) is 3. The molecule has 7 heteroatoms. The Morgan fingerprint density at radius 1 is 0.769 bits per heavy atom. The minimum atomic E-state index is -0.338. The largest absolute Gasteiger partial charge is 0.419 e. The summed E-state index contributed by atoms with van der Waals surface area (Å²) in [5, 5.41) is 0. The minimum absolute atomic E-state index is 0.0517. The Morgan fingerprint density at radius 3 is 1.92 bits per heavy atom. The third kappa shape index (κ3) is 5.38. The van der Waals surface area contributed by atoms with E-state index in [2.05, 4.69) is 34.2 Å². The van der Waals surface area contributed by atoms with Gasteiger partial charge in [-0.2, -0.15) is 4.99 Å². The maximum Gasteiger partial charge on any atom is 0.305 e. The van der Waals surface area contributed by atoms with E-state index < -0.39 is 0 Å². The fourth-order valence-electron chi connectivity index (χ4n) is 4.28. The van der Waals surface area contributed by atoms with E-state index in [0.717, 1.165) is 22.6 Å². The predicted molar refractivity (Wildman–Crippen MR) is 152 cm³/mol. The van der Waals surface area contributed by atoms with Crippen LogP contribution in [0.15, 0.2) is 114 Å². The van der Waals surface area contributed by atoms with Crippen LogP contribution in [0, 0.1) is 0 Å².